The van der Waals surface area contributed by atoms with E-state index in [2.05, 4.69) is 32.7 Å². The van der Waals surface area contributed by atoms with Crippen molar-refractivity contribution in [3.05, 3.63) is 0 Å². The van der Waals surface area contributed by atoms with Gasteiger partial charge < -0.3 is 4.90 Å². The van der Waals surface area contributed by atoms with Crippen LogP contribution in [0.3, 0.4) is 0 Å². The minimum absolute atomic E-state index is 0.423. The summed E-state index contributed by atoms with van der Waals surface area (Å²) < 4.78 is 0. The van der Waals surface area contributed by atoms with Gasteiger partial charge in [-0.2, -0.15) is 0 Å². The summed E-state index contributed by atoms with van der Waals surface area (Å²) in [5.41, 5.74) is 1.02. The highest BCUT2D eigenvalue weighted by Crippen LogP contribution is 2.49. The zero-order chi connectivity index (χ0) is 11.1. The van der Waals surface area contributed by atoms with E-state index in [1.54, 1.807) is 0 Å². The molecule has 1 aliphatic heterocycles. The molecule has 0 amide bonds. The van der Waals surface area contributed by atoms with Crippen molar-refractivity contribution in [3.63, 3.8) is 0 Å². The molecule has 1 atom stereocenters. The molecule has 0 aromatic heterocycles. The Kier molecular flexibility index (Phi) is 2.87. The lowest BCUT2D eigenvalue weighted by atomic mass is 9.67. The molecule has 0 spiro atoms. The van der Waals surface area contributed by atoms with Crippen LogP contribution in [0.25, 0.3) is 0 Å². The monoisotopic (exact) mass is 209 g/mol. The first kappa shape index (κ1) is 11.4. The van der Waals surface area contributed by atoms with Crippen molar-refractivity contribution in [2.75, 3.05) is 13.6 Å². The Morgan fingerprint density at radius 1 is 1.00 bits per heavy atom. The highest BCUT2D eigenvalue weighted by Gasteiger charge is 2.47. The largest absolute Gasteiger partial charge is 0.301 e. The molecule has 15 heavy (non-hydrogen) atoms. The second kappa shape index (κ2) is 3.76. The normalized spacial score (nSPS) is 38.4. The van der Waals surface area contributed by atoms with Crippen LogP contribution in [-0.2, 0) is 0 Å². The van der Waals surface area contributed by atoms with Crippen LogP contribution in [0.1, 0.15) is 59.3 Å². The van der Waals surface area contributed by atoms with E-state index < -0.39 is 0 Å². The van der Waals surface area contributed by atoms with Crippen molar-refractivity contribution in [1.29, 1.82) is 0 Å². The fraction of sp³-hybridized carbons (Fsp3) is 1.00. The lowest BCUT2D eigenvalue weighted by Crippen LogP contribution is -2.34. The molecule has 1 saturated heterocycles. The smallest absolute Gasteiger partial charge is 0.0156 e. The third kappa shape index (κ3) is 2.08. The Hall–Kier alpha value is -0.0400. The summed E-state index contributed by atoms with van der Waals surface area (Å²) in [6.07, 6.45) is 8.79. The highest BCUT2D eigenvalue weighted by atomic mass is 15.2. The van der Waals surface area contributed by atoms with Crippen LogP contribution in [0.2, 0.25) is 0 Å². The van der Waals surface area contributed by atoms with Crippen LogP contribution in [0.15, 0.2) is 0 Å². The number of rotatable bonds is 1. The average Bonchev–Trinajstić information content (AvgIpc) is 2.38. The van der Waals surface area contributed by atoms with Gasteiger partial charge in [0.2, 0.25) is 0 Å². The van der Waals surface area contributed by atoms with Crippen LogP contribution in [0.5, 0.6) is 0 Å². The van der Waals surface area contributed by atoms with E-state index in [9.17, 15) is 0 Å². The van der Waals surface area contributed by atoms with E-state index >= 15 is 0 Å². The predicted octanol–water partition coefficient (Wildman–Crippen LogP) is 3.69. The van der Waals surface area contributed by atoms with Gasteiger partial charge >= 0.3 is 0 Å². The zero-order valence-electron chi connectivity index (χ0n) is 11.0. The fourth-order valence-corrected chi connectivity index (χ4v) is 4.01. The molecule has 0 N–H and O–H groups in total. The van der Waals surface area contributed by atoms with E-state index in [0.29, 0.717) is 11.0 Å². The number of hydrogen-bond donors (Lipinski definition) is 0. The first-order valence-corrected chi connectivity index (χ1v) is 6.65. The first-order valence-electron chi connectivity index (χ1n) is 6.65. The SMILES string of the molecule is CN1CC(C)(C2CCCCC2)CC1(C)C. The molecule has 1 heteroatoms. The third-order valence-electron chi connectivity index (χ3n) is 5.06. The maximum Gasteiger partial charge on any atom is 0.0156 e. The Labute approximate surface area is 95.2 Å². The number of hydrogen-bond acceptors (Lipinski definition) is 1. The summed E-state index contributed by atoms with van der Waals surface area (Å²) in [6, 6.07) is 0. The van der Waals surface area contributed by atoms with Gasteiger partial charge in [-0.15, -0.1) is 0 Å². The lowest BCUT2D eigenvalue weighted by molar-refractivity contribution is 0.145. The topological polar surface area (TPSA) is 3.24 Å². The van der Waals surface area contributed by atoms with Gasteiger partial charge in [-0.1, -0.05) is 26.2 Å². The molecule has 2 aliphatic rings. The van der Waals surface area contributed by atoms with E-state index in [4.69, 9.17) is 0 Å². The minimum Gasteiger partial charge on any atom is -0.301 e. The molecular weight excluding hydrogens is 182 g/mol. The van der Waals surface area contributed by atoms with E-state index in [0.717, 1.165) is 5.92 Å². The molecule has 2 rings (SSSR count). The second-order valence-electron chi connectivity index (χ2n) is 6.83. The molecule has 0 radical (unpaired) electrons. The Morgan fingerprint density at radius 3 is 2.07 bits per heavy atom. The molecule has 2 fully saturated rings. The van der Waals surface area contributed by atoms with Gasteiger partial charge in [-0.05, 0) is 51.5 Å². The molecular formula is C14H27N. The second-order valence-corrected chi connectivity index (χ2v) is 6.83. The van der Waals surface area contributed by atoms with Gasteiger partial charge in [0.25, 0.3) is 0 Å². The van der Waals surface area contributed by atoms with Crippen molar-refractivity contribution >= 4 is 0 Å². The fourth-order valence-electron chi connectivity index (χ4n) is 4.01. The molecule has 1 saturated carbocycles. The zero-order valence-corrected chi connectivity index (χ0v) is 11.0. The van der Waals surface area contributed by atoms with Gasteiger partial charge in [0.05, 0.1) is 0 Å². The number of likely N-dealkylation sites (tertiary alicyclic amines) is 1. The van der Waals surface area contributed by atoms with Gasteiger partial charge in [-0.3, -0.25) is 0 Å². The van der Waals surface area contributed by atoms with Crippen molar-refractivity contribution in [2.24, 2.45) is 11.3 Å². The molecule has 1 nitrogen and oxygen atoms in total. The lowest BCUT2D eigenvalue weighted by Gasteiger charge is -2.37. The van der Waals surface area contributed by atoms with Crippen molar-refractivity contribution in [3.8, 4) is 0 Å². The van der Waals surface area contributed by atoms with E-state index in [-0.39, 0.29) is 0 Å². The molecule has 0 aromatic carbocycles. The molecule has 0 aromatic rings. The van der Waals surface area contributed by atoms with E-state index in [1.165, 1.54) is 45.1 Å². The number of nitrogens with zero attached hydrogens (tertiary/aromatic N) is 1. The maximum absolute atomic E-state index is 2.57. The predicted molar refractivity (Wildman–Crippen MR) is 66.0 cm³/mol. The van der Waals surface area contributed by atoms with Crippen LogP contribution in [0.4, 0.5) is 0 Å². The van der Waals surface area contributed by atoms with Gasteiger partial charge in [0, 0.05) is 12.1 Å². The van der Waals surface area contributed by atoms with Crippen LogP contribution in [0, 0.1) is 11.3 Å². The van der Waals surface area contributed by atoms with Crippen LogP contribution in [-0.4, -0.2) is 24.0 Å². The third-order valence-corrected chi connectivity index (χ3v) is 5.06. The first-order chi connectivity index (χ1) is 6.94. The molecule has 1 aliphatic carbocycles. The summed E-state index contributed by atoms with van der Waals surface area (Å²) in [6.45, 7) is 8.65. The summed E-state index contributed by atoms with van der Waals surface area (Å²) >= 11 is 0. The summed E-state index contributed by atoms with van der Waals surface area (Å²) in [7, 11) is 2.30. The Balaban J connectivity index is 2.07. The van der Waals surface area contributed by atoms with Crippen LogP contribution < -0.4 is 0 Å². The minimum atomic E-state index is 0.423. The average molecular weight is 209 g/mol. The standard InChI is InChI=1S/C14H27N/c1-13(2)10-14(3,11-15(13)4)12-8-6-5-7-9-12/h12H,5-11H2,1-4H3. The van der Waals surface area contributed by atoms with Crippen molar-refractivity contribution in [1.82, 2.24) is 4.90 Å². The summed E-state index contributed by atoms with van der Waals surface area (Å²) in [5, 5.41) is 0. The Bertz CT molecular complexity index is 227. The van der Waals surface area contributed by atoms with Crippen LogP contribution >= 0.6 is 0 Å². The Morgan fingerprint density at radius 2 is 1.60 bits per heavy atom. The maximum atomic E-state index is 2.57. The van der Waals surface area contributed by atoms with Gasteiger partial charge in [0.15, 0.2) is 0 Å². The molecule has 1 heterocycles. The molecule has 0 bridgehead atoms. The quantitative estimate of drug-likeness (QED) is 0.636. The van der Waals surface area contributed by atoms with Crippen molar-refractivity contribution in [2.45, 2.75) is 64.8 Å². The summed E-state index contributed by atoms with van der Waals surface area (Å²) in [5.74, 6) is 0.996. The molecule has 1 unspecified atom stereocenters. The van der Waals surface area contributed by atoms with E-state index in [1.807, 2.05) is 0 Å². The summed E-state index contributed by atoms with van der Waals surface area (Å²) in [4.78, 5) is 2.57. The van der Waals surface area contributed by atoms with Crippen molar-refractivity contribution < 1.29 is 0 Å². The van der Waals surface area contributed by atoms with Gasteiger partial charge in [0.1, 0.15) is 0 Å². The molecule has 88 valence electrons. The van der Waals surface area contributed by atoms with Gasteiger partial charge in [-0.25, -0.2) is 0 Å². The highest BCUT2D eigenvalue weighted by molar-refractivity contribution is 5.01.